The molecule has 0 unspecified atom stereocenters. The molecule has 1 aliphatic heterocycles. The number of ether oxygens (including phenoxy) is 1. The van der Waals surface area contributed by atoms with Crippen molar-refractivity contribution in [2.45, 2.75) is 43.5 Å². The minimum atomic E-state index is -1.19. The van der Waals surface area contributed by atoms with Crippen LogP contribution in [0.3, 0.4) is 0 Å². The SMILES string of the molecule is N[C@H](CCSC[C@H]1O[C@@H](n2cnc3c(NCc4cccc(Cl)c4)ncnc32)[C@H](O)[C@@H]1O)C(=O)O. The van der Waals surface area contributed by atoms with Gasteiger partial charge in [-0.2, -0.15) is 11.8 Å². The fraction of sp³-hybridized carbons (Fsp3) is 0.429. The Bertz CT molecular complexity index is 1150. The summed E-state index contributed by atoms with van der Waals surface area (Å²) >= 11 is 7.45. The molecule has 0 spiro atoms. The molecule has 1 aromatic carbocycles. The third kappa shape index (κ3) is 5.43. The molecular weight excluding hydrogens is 484 g/mol. The molecule has 3 aromatic rings. The summed E-state index contributed by atoms with van der Waals surface area (Å²) in [7, 11) is 0. The number of nitrogens with zero attached hydrogens (tertiary/aromatic N) is 4. The molecule has 0 radical (unpaired) electrons. The summed E-state index contributed by atoms with van der Waals surface area (Å²) in [5.41, 5.74) is 7.42. The van der Waals surface area contributed by atoms with Crippen LogP contribution in [0.4, 0.5) is 5.82 Å². The maximum Gasteiger partial charge on any atom is 0.320 e. The van der Waals surface area contributed by atoms with Gasteiger partial charge in [0.05, 0.1) is 12.4 Å². The fourth-order valence-corrected chi connectivity index (χ4v) is 4.94. The molecule has 6 N–H and O–H groups in total. The van der Waals surface area contributed by atoms with Gasteiger partial charge in [-0.1, -0.05) is 23.7 Å². The van der Waals surface area contributed by atoms with Gasteiger partial charge in [0.15, 0.2) is 23.2 Å². The van der Waals surface area contributed by atoms with E-state index in [2.05, 4.69) is 20.3 Å². The van der Waals surface area contributed by atoms with Crippen molar-refractivity contribution in [2.75, 3.05) is 16.8 Å². The number of rotatable bonds is 10. The number of fused-ring (bicyclic) bond motifs is 1. The first-order valence-corrected chi connectivity index (χ1v) is 12.1. The van der Waals surface area contributed by atoms with Crippen molar-refractivity contribution in [3.8, 4) is 0 Å². The van der Waals surface area contributed by atoms with E-state index in [4.69, 9.17) is 27.2 Å². The first-order valence-electron chi connectivity index (χ1n) is 10.6. The maximum absolute atomic E-state index is 10.8. The number of aliphatic hydroxyl groups excluding tert-OH is 2. The van der Waals surface area contributed by atoms with E-state index < -0.39 is 36.6 Å². The Hall–Kier alpha value is -2.48. The lowest BCUT2D eigenvalue weighted by atomic mass is 10.1. The van der Waals surface area contributed by atoms with Crippen LogP contribution in [0.15, 0.2) is 36.9 Å². The molecular formula is C21H25ClN6O5S. The highest BCUT2D eigenvalue weighted by Crippen LogP contribution is 2.33. The molecule has 4 rings (SSSR count). The number of aliphatic hydroxyl groups is 2. The zero-order valence-electron chi connectivity index (χ0n) is 18.0. The van der Waals surface area contributed by atoms with Crippen LogP contribution in [-0.4, -0.2) is 76.7 Å². The second kappa shape index (κ2) is 10.8. The zero-order valence-corrected chi connectivity index (χ0v) is 19.6. The maximum atomic E-state index is 10.8. The molecule has 0 amide bonds. The number of halogens is 1. The smallest absolute Gasteiger partial charge is 0.320 e. The third-order valence-corrected chi connectivity index (χ3v) is 6.82. The lowest BCUT2D eigenvalue weighted by Gasteiger charge is -2.16. The third-order valence-electron chi connectivity index (χ3n) is 5.49. The largest absolute Gasteiger partial charge is 0.480 e. The molecule has 0 aliphatic carbocycles. The Labute approximate surface area is 204 Å². The van der Waals surface area contributed by atoms with Crippen molar-refractivity contribution in [2.24, 2.45) is 5.73 Å². The molecule has 1 aliphatic rings. The number of hydrogen-bond donors (Lipinski definition) is 5. The highest BCUT2D eigenvalue weighted by atomic mass is 35.5. The highest BCUT2D eigenvalue weighted by molar-refractivity contribution is 7.99. The predicted molar refractivity (Wildman–Crippen MR) is 128 cm³/mol. The number of hydrogen-bond acceptors (Lipinski definition) is 10. The summed E-state index contributed by atoms with van der Waals surface area (Å²) in [6, 6.07) is 6.52. The van der Waals surface area contributed by atoms with Gasteiger partial charge in [0.25, 0.3) is 0 Å². The van der Waals surface area contributed by atoms with Gasteiger partial charge in [0.2, 0.25) is 0 Å². The standard InChI is InChI=1S/C21H25ClN6O5S/c22-12-3-1-2-11(6-12)7-24-18-15-19(26-9-25-18)28(10-27-15)20-17(30)16(29)14(33-20)8-34-5-4-13(23)21(31)32/h1-3,6,9-10,13-14,16-17,20,29-30H,4-5,7-8,23H2,(H,31,32)(H,24,25,26)/t13-,14-,16-,17-,20-/m1/s1. The summed E-state index contributed by atoms with van der Waals surface area (Å²) < 4.78 is 7.50. The quantitative estimate of drug-likeness (QED) is 0.250. The summed E-state index contributed by atoms with van der Waals surface area (Å²) in [5, 5.41) is 33.8. The van der Waals surface area contributed by atoms with E-state index in [9.17, 15) is 15.0 Å². The van der Waals surface area contributed by atoms with Crippen molar-refractivity contribution >= 4 is 46.3 Å². The van der Waals surface area contributed by atoms with Crippen LogP contribution in [0.1, 0.15) is 18.2 Å². The zero-order chi connectivity index (χ0) is 24.2. The lowest BCUT2D eigenvalue weighted by molar-refractivity contribution is -0.138. The summed E-state index contributed by atoms with van der Waals surface area (Å²) in [6.07, 6.45) is -0.674. The van der Waals surface area contributed by atoms with E-state index in [1.807, 2.05) is 18.2 Å². The van der Waals surface area contributed by atoms with Crippen molar-refractivity contribution in [3.63, 3.8) is 0 Å². The molecule has 0 saturated carbocycles. The van der Waals surface area contributed by atoms with Gasteiger partial charge in [-0.25, -0.2) is 15.0 Å². The fourth-order valence-electron chi connectivity index (χ4n) is 3.63. The van der Waals surface area contributed by atoms with E-state index in [1.165, 1.54) is 24.4 Å². The summed E-state index contributed by atoms with van der Waals surface area (Å²) in [6.45, 7) is 0.478. The Balaban J connectivity index is 1.43. The molecule has 13 heteroatoms. The lowest BCUT2D eigenvalue weighted by Crippen LogP contribution is -2.33. The molecule has 34 heavy (non-hydrogen) atoms. The number of nitrogens with two attached hydrogens (primary N) is 1. The Kier molecular flexibility index (Phi) is 7.86. The van der Waals surface area contributed by atoms with Crippen molar-refractivity contribution in [3.05, 3.63) is 47.5 Å². The van der Waals surface area contributed by atoms with Crippen molar-refractivity contribution < 1.29 is 24.9 Å². The number of thioether (sulfide) groups is 1. The predicted octanol–water partition coefficient (Wildman–Crippen LogP) is 1.25. The second-order valence-electron chi connectivity index (χ2n) is 7.88. The van der Waals surface area contributed by atoms with E-state index in [0.29, 0.717) is 46.5 Å². The number of carbonyl (C=O) groups is 1. The number of carboxylic acid groups (broad SMARTS) is 1. The molecule has 2 aromatic heterocycles. The minimum absolute atomic E-state index is 0.294. The molecule has 0 bridgehead atoms. The first-order chi connectivity index (χ1) is 16.3. The van der Waals surface area contributed by atoms with Crippen LogP contribution in [0.25, 0.3) is 11.2 Å². The Morgan fingerprint density at radius 2 is 2.12 bits per heavy atom. The van der Waals surface area contributed by atoms with E-state index in [0.717, 1.165) is 5.56 Å². The Morgan fingerprint density at radius 3 is 2.88 bits per heavy atom. The molecule has 1 saturated heterocycles. The van der Waals surface area contributed by atoms with Gasteiger partial charge >= 0.3 is 5.97 Å². The topological polar surface area (TPSA) is 169 Å². The monoisotopic (exact) mass is 508 g/mol. The van der Waals surface area contributed by atoms with E-state index in [1.54, 1.807) is 10.6 Å². The average Bonchev–Trinajstić information content (AvgIpc) is 3.37. The Morgan fingerprint density at radius 1 is 1.29 bits per heavy atom. The van der Waals surface area contributed by atoms with Crippen LogP contribution < -0.4 is 11.1 Å². The number of imidazole rings is 1. The van der Waals surface area contributed by atoms with Crippen LogP contribution in [0, 0.1) is 0 Å². The van der Waals surface area contributed by atoms with E-state index in [-0.39, 0.29) is 0 Å². The number of nitrogens with one attached hydrogen (secondary N) is 1. The summed E-state index contributed by atoms with van der Waals surface area (Å²) in [4.78, 5) is 23.8. The number of aliphatic carboxylic acids is 1. The van der Waals surface area contributed by atoms with Gasteiger partial charge < -0.3 is 31.1 Å². The molecule has 3 heterocycles. The molecule has 1 fully saturated rings. The molecule has 5 atom stereocenters. The normalized spacial score (nSPS) is 23.3. The van der Waals surface area contributed by atoms with Crippen LogP contribution in [0.2, 0.25) is 5.02 Å². The first kappa shape index (κ1) is 24.6. The van der Waals surface area contributed by atoms with Gasteiger partial charge in [-0.3, -0.25) is 9.36 Å². The van der Waals surface area contributed by atoms with Gasteiger partial charge in [0, 0.05) is 17.3 Å². The van der Waals surface area contributed by atoms with Crippen LogP contribution in [-0.2, 0) is 16.1 Å². The van der Waals surface area contributed by atoms with Crippen LogP contribution >= 0.6 is 23.4 Å². The number of benzene rings is 1. The van der Waals surface area contributed by atoms with Gasteiger partial charge in [-0.15, -0.1) is 0 Å². The van der Waals surface area contributed by atoms with Gasteiger partial charge in [0.1, 0.15) is 24.6 Å². The summed E-state index contributed by atoms with van der Waals surface area (Å²) in [5.74, 6) is 0.320. The number of aromatic nitrogens is 4. The van der Waals surface area contributed by atoms with Crippen molar-refractivity contribution in [1.29, 1.82) is 0 Å². The number of anilines is 1. The van der Waals surface area contributed by atoms with Crippen molar-refractivity contribution in [1.82, 2.24) is 19.5 Å². The second-order valence-corrected chi connectivity index (χ2v) is 9.47. The minimum Gasteiger partial charge on any atom is -0.480 e. The van der Waals surface area contributed by atoms with Gasteiger partial charge in [-0.05, 0) is 29.9 Å². The molecule has 11 nitrogen and oxygen atoms in total. The van der Waals surface area contributed by atoms with Crippen LogP contribution in [0.5, 0.6) is 0 Å². The highest BCUT2D eigenvalue weighted by Gasteiger charge is 2.44. The number of carboxylic acids is 1. The van der Waals surface area contributed by atoms with E-state index >= 15 is 0 Å². The molecule has 182 valence electrons. The average molecular weight is 509 g/mol.